The summed E-state index contributed by atoms with van der Waals surface area (Å²) in [5.41, 5.74) is 6.64. The summed E-state index contributed by atoms with van der Waals surface area (Å²) in [4.78, 5) is 19.4. The fraction of sp³-hybridized carbons (Fsp3) is 0.217. The fourth-order valence-electron chi connectivity index (χ4n) is 3.48. The molecule has 0 N–H and O–H groups in total. The van der Waals surface area contributed by atoms with Gasteiger partial charge in [-0.25, -0.2) is 4.98 Å². The summed E-state index contributed by atoms with van der Waals surface area (Å²) in [6, 6.07) is 16.7. The Morgan fingerprint density at radius 1 is 1.11 bits per heavy atom. The van der Waals surface area contributed by atoms with E-state index in [1.807, 2.05) is 16.3 Å². The molecule has 1 aliphatic heterocycles. The number of thiazole rings is 1. The molecule has 0 radical (unpaired) electrons. The van der Waals surface area contributed by atoms with Crippen molar-refractivity contribution in [2.45, 2.75) is 20.3 Å². The minimum Gasteiger partial charge on any atom is -0.333 e. The molecule has 0 atom stereocenters. The predicted octanol–water partition coefficient (Wildman–Crippen LogP) is 5.36. The van der Waals surface area contributed by atoms with Crippen LogP contribution in [0.1, 0.15) is 33.6 Å². The van der Waals surface area contributed by atoms with E-state index in [4.69, 9.17) is 0 Å². The van der Waals surface area contributed by atoms with Gasteiger partial charge in [-0.2, -0.15) is 0 Å². The van der Waals surface area contributed by atoms with E-state index < -0.39 is 0 Å². The van der Waals surface area contributed by atoms with Crippen molar-refractivity contribution in [1.82, 2.24) is 9.88 Å². The molecule has 136 valence electrons. The Kier molecular flexibility index (Phi) is 4.90. The van der Waals surface area contributed by atoms with Gasteiger partial charge in [-0.15, -0.1) is 11.3 Å². The van der Waals surface area contributed by atoms with E-state index in [9.17, 15) is 4.79 Å². The Balaban J connectivity index is 1.50. The lowest BCUT2D eigenvalue weighted by Crippen LogP contribution is -2.34. The molecule has 0 aliphatic carbocycles. The molecule has 0 saturated carbocycles. The number of nitrogens with zero attached hydrogens (tertiary/aromatic N) is 2. The van der Waals surface area contributed by atoms with Gasteiger partial charge in [0, 0.05) is 24.0 Å². The summed E-state index contributed by atoms with van der Waals surface area (Å²) in [6.45, 7) is 5.54. The lowest BCUT2D eigenvalue weighted by Gasteiger charge is -2.26. The first kappa shape index (κ1) is 17.7. The van der Waals surface area contributed by atoms with E-state index >= 15 is 0 Å². The molecule has 0 bridgehead atoms. The van der Waals surface area contributed by atoms with Gasteiger partial charge in [0.2, 0.25) is 0 Å². The van der Waals surface area contributed by atoms with Crippen LogP contribution in [0.15, 0.2) is 60.0 Å². The first-order valence-corrected chi connectivity index (χ1v) is 10.1. The van der Waals surface area contributed by atoms with E-state index in [2.05, 4.69) is 67.4 Å². The maximum absolute atomic E-state index is 12.9. The molecule has 0 unspecified atom stereocenters. The van der Waals surface area contributed by atoms with Gasteiger partial charge in [0.15, 0.2) is 0 Å². The highest BCUT2D eigenvalue weighted by Crippen LogP contribution is 2.29. The van der Waals surface area contributed by atoms with Crippen LogP contribution in [0.2, 0.25) is 0 Å². The van der Waals surface area contributed by atoms with Crippen LogP contribution in [0.3, 0.4) is 0 Å². The van der Waals surface area contributed by atoms with Crippen LogP contribution in [-0.4, -0.2) is 28.9 Å². The van der Waals surface area contributed by atoms with Crippen molar-refractivity contribution in [2.24, 2.45) is 0 Å². The Bertz CT molecular complexity index is 1000. The molecule has 4 rings (SSSR count). The minimum atomic E-state index is 0.0191. The Labute approximate surface area is 164 Å². The summed E-state index contributed by atoms with van der Waals surface area (Å²) in [7, 11) is 0. The second-order valence-electron chi connectivity index (χ2n) is 6.95. The molecule has 27 heavy (non-hydrogen) atoms. The third-order valence-corrected chi connectivity index (χ3v) is 5.85. The molecule has 0 saturated heterocycles. The zero-order chi connectivity index (χ0) is 18.8. The highest BCUT2D eigenvalue weighted by molar-refractivity contribution is 7.13. The van der Waals surface area contributed by atoms with Gasteiger partial charge in [-0.05, 0) is 37.0 Å². The second kappa shape index (κ2) is 7.49. The SMILES string of the molecule is Cc1ccc(-c2nc(C(=O)N3CC=C(c4ccccc4)CC3)cs2)c(C)c1. The van der Waals surface area contributed by atoms with Crippen LogP contribution >= 0.6 is 11.3 Å². The van der Waals surface area contributed by atoms with Crippen molar-refractivity contribution in [3.05, 3.63) is 82.4 Å². The molecule has 2 heterocycles. The van der Waals surface area contributed by atoms with E-state index in [0.29, 0.717) is 12.2 Å². The predicted molar refractivity (Wildman–Crippen MR) is 112 cm³/mol. The van der Waals surface area contributed by atoms with Crippen LogP contribution < -0.4 is 0 Å². The molecule has 3 aromatic rings. The van der Waals surface area contributed by atoms with Gasteiger partial charge in [0.05, 0.1) is 0 Å². The van der Waals surface area contributed by atoms with Gasteiger partial charge in [-0.1, -0.05) is 60.2 Å². The Morgan fingerprint density at radius 3 is 2.63 bits per heavy atom. The van der Waals surface area contributed by atoms with E-state index in [-0.39, 0.29) is 5.91 Å². The number of hydrogen-bond donors (Lipinski definition) is 0. The lowest BCUT2D eigenvalue weighted by molar-refractivity contribution is 0.0768. The topological polar surface area (TPSA) is 33.2 Å². The lowest BCUT2D eigenvalue weighted by atomic mass is 9.99. The average molecular weight is 375 g/mol. The van der Waals surface area contributed by atoms with E-state index in [0.717, 1.165) is 23.5 Å². The number of aromatic nitrogens is 1. The number of rotatable bonds is 3. The number of carbonyl (C=O) groups excluding carboxylic acids is 1. The quantitative estimate of drug-likeness (QED) is 0.618. The van der Waals surface area contributed by atoms with Crippen molar-refractivity contribution in [3.63, 3.8) is 0 Å². The molecule has 1 amide bonds. The number of aryl methyl sites for hydroxylation is 2. The van der Waals surface area contributed by atoms with Crippen molar-refractivity contribution < 1.29 is 4.79 Å². The summed E-state index contributed by atoms with van der Waals surface area (Å²) in [5.74, 6) is 0.0191. The maximum Gasteiger partial charge on any atom is 0.273 e. The second-order valence-corrected chi connectivity index (χ2v) is 7.81. The first-order chi connectivity index (χ1) is 13.1. The molecule has 0 spiro atoms. The van der Waals surface area contributed by atoms with E-state index in [1.54, 1.807) is 0 Å². The Morgan fingerprint density at radius 2 is 1.93 bits per heavy atom. The van der Waals surface area contributed by atoms with Crippen molar-refractivity contribution in [2.75, 3.05) is 13.1 Å². The number of benzene rings is 2. The molecule has 1 aromatic heterocycles. The van der Waals surface area contributed by atoms with E-state index in [1.165, 1.54) is 33.6 Å². The molecule has 1 aliphatic rings. The standard InChI is InChI=1S/C23H22N2OS/c1-16-8-9-20(17(2)14-16)22-24-21(15-27-22)23(26)25-12-10-19(11-13-25)18-6-4-3-5-7-18/h3-10,14-15H,11-13H2,1-2H3. The molecule has 2 aromatic carbocycles. The zero-order valence-corrected chi connectivity index (χ0v) is 16.4. The van der Waals surface area contributed by atoms with Crippen LogP contribution in [-0.2, 0) is 0 Å². The smallest absolute Gasteiger partial charge is 0.273 e. The van der Waals surface area contributed by atoms with Crippen molar-refractivity contribution in [3.8, 4) is 10.6 Å². The number of amides is 1. The van der Waals surface area contributed by atoms with Gasteiger partial charge < -0.3 is 4.90 Å². The third kappa shape index (κ3) is 3.71. The number of hydrogen-bond acceptors (Lipinski definition) is 3. The summed E-state index contributed by atoms with van der Waals surface area (Å²) in [6.07, 6.45) is 3.04. The molecule has 4 heteroatoms. The van der Waals surface area contributed by atoms with Crippen LogP contribution in [0.5, 0.6) is 0 Å². The van der Waals surface area contributed by atoms with Gasteiger partial charge in [0.1, 0.15) is 10.7 Å². The maximum atomic E-state index is 12.9. The summed E-state index contributed by atoms with van der Waals surface area (Å²) >= 11 is 1.54. The Hall–Kier alpha value is -2.72. The monoisotopic (exact) mass is 374 g/mol. The van der Waals surface area contributed by atoms with Crippen molar-refractivity contribution in [1.29, 1.82) is 0 Å². The van der Waals surface area contributed by atoms with Gasteiger partial charge >= 0.3 is 0 Å². The zero-order valence-electron chi connectivity index (χ0n) is 15.6. The summed E-state index contributed by atoms with van der Waals surface area (Å²) in [5, 5.41) is 2.79. The van der Waals surface area contributed by atoms with Crippen LogP contribution in [0, 0.1) is 13.8 Å². The van der Waals surface area contributed by atoms with Crippen molar-refractivity contribution >= 4 is 22.8 Å². The van der Waals surface area contributed by atoms with Crippen LogP contribution in [0.25, 0.3) is 16.1 Å². The largest absolute Gasteiger partial charge is 0.333 e. The van der Waals surface area contributed by atoms with Gasteiger partial charge in [-0.3, -0.25) is 4.79 Å². The average Bonchev–Trinajstić information content (AvgIpc) is 3.18. The van der Waals surface area contributed by atoms with Gasteiger partial charge in [0.25, 0.3) is 5.91 Å². The minimum absolute atomic E-state index is 0.0191. The van der Waals surface area contributed by atoms with Crippen LogP contribution in [0.4, 0.5) is 0 Å². The highest BCUT2D eigenvalue weighted by atomic mass is 32.1. The normalized spacial score (nSPS) is 14.1. The molecular weight excluding hydrogens is 352 g/mol. The first-order valence-electron chi connectivity index (χ1n) is 9.19. The summed E-state index contributed by atoms with van der Waals surface area (Å²) < 4.78 is 0. The third-order valence-electron chi connectivity index (χ3n) is 4.98. The molecular formula is C23H22N2OS. The fourth-order valence-corrected chi connectivity index (χ4v) is 4.36. The molecule has 0 fully saturated rings. The number of carbonyl (C=O) groups is 1. The highest BCUT2D eigenvalue weighted by Gasteiger charge is 2.22. The molecule has 3 nitrogen and oxygen atoms in total.